The van der Waals surface area contributed by atoms with Crippen LogP contribution in [0.1, 0.15) is 87.2 Å². The molecule has 0 saturated heterocycles. The molecule has 0 spiro atoms. The number of hydrogen-bond acceptors (Lipinski definition) is 5. The molecule has 0 aliphatic heterocycles. The van der Waals surface area contributed by atoms with Crippen LogP contribution in [0.2, 0.25) is 0 Å². The number of hydrogen-bond donors (Lipinski definition) is 0. The fraction of sp³-hybridized carbons (Fsp3) is 0.158. The van der Waals surface area contributed by atoms with Gasteiger partial charge in [-0.3, -0.25) is 0 Å². The lowest BCUT2D eigenvalue weighted by Gasteiger charge is -2.27. The minimum atomic E-state index is 0.496. The van der Waals surface area contributed by atoms with E-state index in [9.17, 15) is 0 Å². The Labute approximate surface area is 471 Å². The summed E-state index contributed by atoms with van der Waals surface area (Å²) in [6.45, 7) is 0. The molecule has 11 aromatic carbocycles. The molecule has 0 N–H and O–H groups in total. The Kier molecular flexibility index (Phi) is 11.6. The first-order valence-electron chi connectivity index (χ1n) is 29.4. The van der Waals surface area contributed by atoms with Crippen LogP contribution in [0.5, 0.6) is 0 Å². The molecule has 0 radical (unpaired) electrons. The number of benzene rings is 11. The van der Waals surface area contributed by atoms with Crippen molar-refractivity contribution in [1.82, 2.24) is 0 Å². The van der Waals surface area contributed by atoms with E-state index in [0.29, 0.717) is 11.8 Å². The van der Waals surface area contributed by atoms with Crippen LogP contribution in [0, 0.1) is 0 Å². The molecule has 392 valence electrons. The van der Waals surface area contributed by atoms with Crippen molar-refractivity contribution in [3.05, 3.63) is 242 Å². The highest BCUT2D eigenvalue weighted by Gasteiger charge is 2.28. The van der Waals surface area contributed by atoms with E-state index in [2.05, 4.69) is 240 Å². The number of nitrogens with zero attached hydrogens (tertiary/aromatic N) is 2. The molecule has 5 heteroatoms. The van der Waals surface area contributed by atoms with Crippen molar-refractivity contribution in [2.24, 2.45) is 0 Å². The topological polar surface area (TPSA) is 45.9 Å². The Hall–Kier alpha value is -9.32. The SMILES string of the molecule is c1ccc(-c2ccc(N(c3ccc4c(c3)oc3cc(N(c5cccc(-c6ccccc6)c5)c5cccc6c5oc5c(C7CCCCC7)cccc56)c5ccccc5c34)c3cccc4c3oc3c(C5CCCCC5)cccc34)cc2)cc1. The molecule has 16 rings (SSSR count). The van der Waals surface area contributed by atoms with Gasteiger partial charge in [-0.1, -0.05) is 208 Å². The molecule has 0 bridgehead atoms. The minimum Gasteiger partial charge on any atom is -0.456 e. The summed E-state index contributed by atoms with van der Waals surface area (Å²) in [6.07, 6.45) is 12.5. The lowest BCUT2D eigenvalue weighted by molar-refractivity contribution is 0.442. The molecular weight excluding hydrogens is 989 g/mol. The Morgan fingerprint density at radius 3 is 1.36 bits per heavy atom. The molecule has 3 heterocycles. The summed E-state index contributed by atoms with van der Waals surface area (Å²) in [5, 5.41) is 8.96. The molecule has 2 saturated carbocycles. The van der Waals surface area contributed by atoms with Gasteiger partial charge in [0.05, 0.1) is 22.7 Å². The van der Waals surface area contributed by atoms with Gasteiger partial charge in [-0.05, 0) is 125 Å². The predicted octanol–water partition coefficient (Wildman–Crippen LogP) is 22.9. The zero-order chi connectivity index (χ0) is 53.4. The van der Waals surface area contributed by atoms with Crippen molar-refractivity contribution >= 4 is 111 Å². The van der Waals surface area contributed by atoms with Gasteiger partial charge in [-0.2, -0.15) is 0 Å². The summed E-state index contributed by atoms with van der Waals surface area (Å²) in [5.74, 6) is 1.00. The second kappa shape index (κ2) is 19.8. The average Bonchev–Trinajstić information content (AvgIpc) is 4.10. The summed E-state index contributed by atoms with van der Waals surface area (Å²) in [5.41, 5.74) is 18.7. The summed E-state index contributed by atoms with van der Waals surface area (Å²) >= 11 is 0. The third-order valence-electron chi connectivity index (χ3n) is 18.0. The molecule has 0 amide bonds. The van der Waals surface area contributed by atoms with Crippen molar-refractivity contribution in [2.45, 2.75) is 76.0 Å². The summed E-state index contributed by atoms with van der Waals surface area (Å²) in [4.78, 5) is 4.76. The number of furan rings is 3. The Balaban J connectivity index is 0.894. The second-order valence-corrected chi connectivity index (χ2v) is 22.7. The molecule has 2 aliphatic carbocycles. The molecule has 2 aliphatic rings. The number of rotatable bonds is 10. The zero-order valence-corrected chi connectivity index (χ0v) is 45.3. The molecule has 5 nitrogen and oxygen atoms in total. The van der Waals surface area contributed by atoms with Gasteiger partial charge >= 0.3 is 0 Å². The van der Waals surface area contributed by atoms with Gasteiger partial charge in [0.15, 0.2) is 11.2 Å². The monoisotopic (exact) mass is 1050 g/mol. The van der Waals surface area contributed by atoms with Gasteiger partial charge in [0, 0.05) is 61.2 Å². The molecule has 0 unspecified atom stereocenters. The third-order valence-corrected chi connectivity index (χ3v) is 18.0. The predicted molar refractivity (Wildman–Crippen MR) is 338 cm³/mol. The van der Waals surface area contributed by atoms with E-state index in [1.807, 2.05) is 0 Å². The van der Waals surface area contributed by atoms with Crippen LogP contribution >= 0.6 is 0 Å². The number of para-hydroxylation sites is 4. The molecular formula is C76H60N2O3. The van der Waals surface area contributed by atoms with Crippen LogP contribution < -0.4 is 9.80 Å². The Morgan fingerprint density at radius 2 is 0.741 bits per heavy atom. The first kappa shape index (κ1) is 47.7. The van der Waals surface area contributed by atoms with E-state index < -0.39 is 0 Å². The number of anilines is 6. The number of fused-ring (bicyclic) bond motifs is 11. The van der Waals surface area contributed by atoms with Crippen LogP contribution in [0.15, 0.2) is 244 Å². The van der Waals surface area contributed by atoms with Gasteiger partial charge in [0.2, 0.25) is 0 Å². The fourth-order valence-electron chi connectivity index (χ4n) is 14.1. The van der Waals surface area contributed by atoms with Crippen LogP contribution in [0.4, 0.5) is 34.1 Å². The third kappa shape index (κ3) is 8.12. The van der Waals surface area contributed by atoms with Gasteiger partial charge in [-0.25, -0.2) is 0 Å². The van der Waals surface area contributed by atoms with Crippen LogP contribution in [-0.2, 0) is 0 Å². The van der Waals surface area contributed by atoms with Crippen LogP contribution in [0.25, 0.3) is 98.8 Å². The first-order valence-corrected chi connectivity index (χ1v) is 29.4. The van der Waals surface area contributed by atoms with E-state index in [4.69, 9.17) is 13.3 Å². The maximum absolute atomic E-state index is 7.29. The smallest absolute Gasteiger partial charge is 0.159 e. The minimum absolute atomic E-state index is 0.496. The van der Waals surface area contributed by atoms with Gasteiger partial charge in [-0.15, -0.1) is 0 Å². The molecule has 2 fully saturated rings. The van der Waals surface area contributed by atoms with E-state index in [0.717, 1.165) is 117 Å². The van der Waals surface area contributed by atoms with E-state index in [1.165, 1.54) is 91.7 Å². The fourth-order valence-corrected chi connectivity index (χ4v) is 14.1. The highest BCUT2D eigenvalue weighted by Crippen LogP contribution is 2.51. The first-order chi connectivity index (χ1) is 40.2. The van der Waals surface area contributed by atoms with E-state index >= 15 is 0 Å². The van der Waals surface area contributed by atoms with Gasteiger partial charge in [0.1, 0.15) is 22.3 Å². The lowest BCUT2D eigenvalue weighted by atomic mass is 9.83. The van der Waals surface area contributed by atoms with Crippen LogP contribution in [-0.4, -0.2) is 0 Å². The molecule has 0 atom stereocenters. The molecule has 14 aromatic rings. The average molecular weight is 1050 g/mol. The Morgan fingerprint density at radius 1 is 0.272 bits per heavy atom. The molecule has 81 heavy (non-hydrogen) atoms. The van der Waals surface area contributed by atoms with Crippen molar-refractivity contribution in [3.63, 3.8) is 0 Å². The quantitative estimate of drug-likeness (QED) is 0.137. The second-order valence-electron chi connectivity index (χ2n) is 22.7. The van der Waals surface area contributed by atoms with Crippen molar-refractivity contribution in [3.8, 4) is 22.3 Å². The summed E-state index contributed by atoms with van der Waals surface area (Å²) in [6, 6.07) is 83.8. The maximum Gasteiger partial charge on any atom is 0.159 e. The van der Waals surface area contributed by atoms with E-state index in [1.54, 1.807) is 0 Å². The van der Waals surface area contributed by atoms with Gasteiger partial charge in [0.25, 0.3) is 0 Å². The van der Waals surface area contributed by atoms with E-state index in [-0.39, 0.29) is 0 Å². The summed E-state index contributed by atoms with van der Waals surface area (Å²) < 4.78 is 21.8. The maximum atomic E-state index is 7.29. The lowest BCUT2D eigenvalue weighted by Crippen LogP contribution is -2.11. The van der Waals surface area contributed by atoms with Crippen molar-refractivity contribution in [1.29, 1.82) is 0 Å². The highest BCUT2D eigenvalue weighted by atomic mass is 16.3. The van der Waals surface area contributed by atoms with Gasteiger partial charge < -0.3 is 23.1 Å². The zero-order valence-electron chi connectivity index (χ0n) is 45.3. The largest absolute Gasteiger partial charge is 0.456 e. The normalized spacial score (nSPS) is 14.6. The standard InChI is InChI=1S/C76H60N2O3/c1-5-20-49(21-6-1)51-40-42-55(43-41-51)77(67-38-18-36-64-62-34-16-32-58(73(62)80-75(64)67)52-24-9-3-10-25-52)57-44-45-66-70(47-57)79-71-48-69(60-30-13-14-31-61(60)72(66)71)78(56-29-15-28-54(46-56)50-22-7-2-8-23-50)68-39-19-37-65-63-35-17-33-59(74(63)81-76(65)68)53-26-11-4-12-27-53/h1-2,5-8,13-23,28-48,52-53H,3-4,9-12,24-27H2. The van der Waals surface area contributed by atoms with Crippen molar-refractivity contribution < 1.29 is 13.3 Å². The molecule has 3 aromatic heterocycles. The van der Waals surface area contributed by atoms with Crippen LogP contribution in [0.3, 0.4) is 0 Å². The summed E-state index contributed by atoms with van der Waals surface area (Å²) in [7, 11) is 0. The Bertz CT molecular complexity index is 4670. The van der Waals surface area contributed by atoms with Crippen molar-refractivity contribution in [2.75, 3.05) is 9.80 Å². The highest BCUT2D eigenvalue weighted by molar-refractivity contribution is 6.24.